The van der Waals surface area contributed by atoms with Gasteiger partial charge >= 0.3 is 18.2 Å². The topological polar surface area (TPSA) is 146 Å². The predicted molar refractivity (Wildman–Crippen MR) is 93.2 cm³/mol. The number of nitro benzene ring substituents is 1. The van der Waals surface area contributed by atoms with Crippen LogP contribution in [0, 0.1) is 10.1 Å². The van der Waals surface area contributed by atoms with Crippen molar-refractivity contribution in [3.63, 3.8) is 0 Å². The Hall–Kier alpha value is -3.37. The third kappa shape index (κ3) is 8.03. The highest BCUT2D eigenvalue weighted by Gasteiger charge is 2.26. The maximum Gasteiger partial charge on any atom is 0.411 e. The summed E-state index contributed by atoms with van der Waals surface area (Å²) in [6, 6.07) is 3.91. The van der Waals surface area contributed by atoms with Gasteiger partial charge in [0.2, 0.25) is 0 Å². The molecule has 1 aromatic carbocycles. The highest BCUT2D eigenvalue weighted by Crippen LogP contribution is 2.17. The van der Waals surface area contributed by atoms with E-state index in [4.69, 9.17) is 9.47 Å². The molecule has 148 valence electrons. The van der Waals surface area contributed by atoms with Gasteiger partial charge in [0.1, 0.15) is 12.2 Å². The van der Waals surface area contributed by atoms with Crippen molar-refractivity contribution in [1.29, 1.82) is 0 Å². The first-order valence-corrected chi connectivity index (χ1v) is 7.77. The Morgan fingerprint density at radius 1 is 1.22 bits per heavy atom. The minimum Gasteiger partial charge on any atom is -0.467 e. The lowest BCUT2D eigenvalue weighted by molar-refractivity contribution is -0.384. The van der Waals surface area contributed by atoms with Gasteiger partial charge in [0.25, 0.3) is 5.69 Å². The summed E-state index contributed by atoms with van der Waals surface area (Å²) in [6.45, 7) is 4.39. The van der Waals surface area contributed by atoms with Gasteiger partial charge in [-0.15, -0.1) is 0 Å². The zero-order valence-electron chi connectivity index (χ0n) is 15.3. The molecule has 2 amide bonds. The number of amides is 2. The number of anilines is 1. The lowest BCUT2D eigenvalue weighted by Crippen LogP contribution is -2.47. The molecule has 0 aliphatic heterocycles. The normalized spacial score (nSPS) is 11.7. The van der Waals surface area contributed by atoms with E-state index in [1.807, 2.05) is 0 Å². The maximum atomic E-state index is 11.8. The number of non-ortho nitro benzene ring substituents is 1. The highest BCUT2D eigenvalue weighted by atomic mass is 16.6. The van der Waals surface area contributed by atoms with Gasteiger partial charge in [0, 0.05) is 12.1 Å². The van der Waals surface area contributed by atoms with Crippen LogP contribution in [0.1, 0.15) is 20.8 Å². The molecule has 0 radical (unpaired) electrons. The highest BCUT2D eigenvalue weighted by molar-refractivity contribution is 5.86. The SMILES string of the molecule is COC(=O)C(COC(=O)Nc1cccc([N+](=O)[O-])c1)NC(=O)OC(C)(C)C. The summed E-state index contributed by atoms with van der Waals surface area (Å²) in [6.07, 6.45) is -1.86. The fourth-order valence-corrected chi connectivity index (χ4v) is 1.77. The number of nitrogens with one attached hydrogen (secondary N) is 2. The van der Waals surface area contributed by atoms with Gasteiger partial charge in [-0.05, 0) is 26.8 Å². The van der Waals surface area contributed by atoms with E-state index in [-0.39, 0.29) is 11.4 Å². The van der Waals surface area contributed by atoms with E-state index in [1.165, 1.54) is 18.2 Å². The lowest BCUT2D eigenvalue weighted by atomic mass is 10.2. The van der Waals surface area contributed by atoms with Gasteiger partial charge in [-0.25, -0.2) is 14.4 Å². The Balaban J connectivity index is 2.65. The number of carbonyl (C=O) groups is 3. The number of alkyl carbamates (subject to hydrolysis) is 1. The summed E-state index contributed by atoms with van der Waals surface area (Å²) in [4.78, 5) is 45.4. The van der Waals surface area contributed by atoms with Gasteiger partial charge in [0.05, 0.1) is 17.7 Å². The number of hydrogen-bond acceptors (Lipinski definition) is 8. The summed E-state index contributed by atoms with van der Waals surface area (Å²) >= 11 is 0. The Morgan fingerprint density at radius 3 is 2.44 bits per heavy atom. The molecule has 0 aromatic heterocycles. The van der Waals surface area contributed by atoms with Gasteiger partial charge < -0.3 is 19.5 Å². The van der Waals surface area contributed by atoms with Crippen LogP contribution < -0.4 is 10.6 Å². The quantitative estimate of drug-likeness (QED) is 0.329. The molecular weight excluding hydrogens is 362 g/mol. The van der Waals surface area contributed by atoms with Crippen LogP contribution in [0.5, 0.6) is 0 Å². The molecule has 1 aromatic rings. The molecule has 27 heavy (non-hydrogen) atoms. The summed E-state index contributed by atoms with van der Waals surface area (Å²) in [5, 5.41) is 15.2. The fraction of sp³-hybridized carbons (Fsp3) is 0.438. The van der Waals surface area contributed by atoms with Crippen LogP contribution in [-0.2, 0) is 19.0 Å². The van der Waals surface area contributed by atoms with E-state index in [0.717, 1.165) is 13.2 Å². The Kier molecular flexibility index (Phi) is 7.51. The number of esters is 1. The summed E-state index contributed by atoms with van der Waals surface area (Å²) in [5.74, 6) is -0.844. The van der Waals surface area contributed by atoms with Gasteiger partial charge in [-0.3, -0.25) is 15.4 Å². The molecule has 0 aliphatic carbocycles. The molecular formula is C16H21N3O8. The standard InChI is InChI=1S/C16H21N3O8/c1-16(2,3)27-15(22)18-12(13(20)25-4)9-26-14(21)17-10-6-5-7-11(8-10)19(23)24/h5-8,12H,9H2,1-4H3,(H,17,21)(H,18,22). The molecule has 0 saturated carbocycles. The number of nitro groups is 1. The van der Waals surface area contributed by atoms with E-state index in [2.05, 4.69) is 15.4 Å². The molecule has 0 aliphatic rings. The molecule has 0 spiro atoms. The van der Waals surface area contributed by atoms with Crippen LogP contribution in [0.4, 0.5) is 21.0 Å². The van der Waals surface area contributed by atoms with Crippen molar-refractivity contribution in [2.75, 3.05) is 19.0 Å². The Morgan fingerprint density at radius 2 is 1.89 bits per heavy atom. The first kappa shape index (κ1) is 21.7. The van der Waals surface area contributed by atoms with E-state index in [1.54, 1.807) is 20.8 Å². The number of benzene rings is 1. The van der Waals surface area contributed by atoms with Crippen LogP contribution in [0.15, 0.2) is 24.3 Å². The average molecular weight is 383 g/mol. The van der Waals surface area contributed by atoms with Crippen LogP contribution in [0.25, 0.3) is 0 Å². The van der Waals surface area contributed by atoms with Crippen molar-refractivity contribution < 1.29 is 33.5 Å². The zero-order valence-corrected chi connectivity index (χ0v) is 15.3. The molecule has 0 heterocycles. The number of nitrogens with zero attached hydrogens (tertiary/aromatic N) is 1. The van der Waals surface area contributed by atoms with Gasteiger partial charge in [-0.2, -0.15) is 0 Å². The molecule has 1 unspecified atom stereocenters. The molecule has 2 N–H and O–H groups in total. The smallest absolute Gasteiger partial charge is 0.411 e. The maximum absolute atomic E-state index is 11.8. The van der Waals surface area contributed by atoms with Gasteiger partial charge in [-0.1, -0.05) is 6.07 Å². The van der Waals surface area contributed by atoms with Crippen molar-refractivity contribution in [3.8, 4) is 0 Å². The van der Waals surface area contributed by atoms with Crippen LogP contribution >= 0.6 is 0 Å². The lowest BCUT2D eigenvalue weighted by Gasteiger charge is -2.22. The number of ether oxygens (including phenoxy) is 3. The Bertz CT molecular complexity index is 714. The van der Waals surface area contributed by atoms with Gasteiger partial charge in [0.15, 0.2) is 6.04 Å². The molecule has 11 heteroatoms. The Labute approximate surface area is 155 Å². The molecule has 1 rings (SSSR count). The second kappa shape index (κ2) is 9.36. The number of rotatable bonds is 6. The van der Waals surface area contributed by atoms with E-state index >= 15 is 0 Å². The number of hydrogen-bond donors (Lipinski definition) is 2. The van der Waals surface area contributed by atoms with Crippen molar-refractivity contribution >= 4 is 29.5 Å². The van der Waals surface area contributed by atoms with Crippen molar-refractivity contribution in [2.24, 2.45) is 0 Å². The summed E-state index contributed by atoms with van der Waals surface area (Å²) in [7, 11) is 1.11. The fourth-order valence-electron chi connectivity index (χ4n) is 1.77. The summed E-state index contributed by atoms with van der Waals surface area (Å²) in [5.41, 5.74) is -0.874. The number of carbonyl (C=O) groups excluding carboxylic acids is 3. The molecule has 1 atom stereocenters. The van der Waals surface area contributed by atoms with E-state index in [9.17, 15) is 24.5 Å². The first-order chi connectivity index (χ1) is 12.5. The monoisotopic (exact) mass is 383 g/mol. The first-order valence-electron chi connectivity index (χ1n) is 7.77. The minimum atomic E-state index is -1.29. The van der Waals surface area contributed by atoms with Crippen LogP contribution in [0.3, 0.4) is 0 Å². The van der Waals surface area contributed by atoms with Crippen LogP contribution in [-0.4, -0.2) is 48.4 Å². The van der Waals surface area contributed by atoms with Crippen molar-refractivity contribution in [3.05, 3.63) is 34.4 Å². The van der Waals surface area contributed by atoms with E-state index in [0.29, 0.717) is 0 Å². The largest absolute Gasteiger partial charge is 0.467 e. The second-order valence-corrected chi connectivity index (χ2v) is 6.25. The molecule has 0 fully saturated rings. The third-order valence-corrected chi connectivity index (χ3v) is 2.86. The zero-order chi connectivity index (χ0) is 20.6. The third-order valence-electron chi connectivity index (χ3n) is 2.86. The van der Waals surface area contributed by atoms with E-state index < -0.39 is 41.3 Å². The van der Waals surface area contributed by atoms with Crippen molar-refractivity contribution in [2.45, 2.75) is 32.4 Å². The number of methoxy groups -OCH3 is 1. The molecule has 0 bridgehead atoms. The molecule has 11 nitrogen and oxygen atoms in total. The molecule has 0 saturated heterocycles. The van der Waals surface area contributed by atoms with Crippen LogP contribution in [0.2, 0.25) is 0 Å². The minimum absolute atomic E-state index is 0.129. The summed E-state index contributed by atoms with van der Waals surface area (Å²) < 4.78 is 14.4. The van der Waals surface area contributed by atoms with Crippen molar-refractivity contribution in [1.82, 2.24) is 5.32 Å². The average Bonchev–Trinajstić information content (AvgIpc) is 2.56. The predicted octanol–water partition coefficient (Wildman–Crippen LogP) is 2.21. The second-order valence-electron chi connectivity index (χ2n) is 6.25.